The average molecular weight is 1470 g/mol. The summed E-state index contributed by atoms with van der Waals surface area (Å²) in [5.41, 5.74) is -1.82. The number of fused-ring (bicyclic) bond motifs is 2. The zero-order valence-corrected chi connectivity index (χ0v) is 68.4. The minimum absolute atomic E-state index is 0. The molecule has 98 heavy (non-hydrogen) atoms. The number of rotatable bonds is 30. The van der Waals surface area contributed by atoms with E-state index in [9.17, 15) is 66.5 Å². The molecule has 2 aromatic heterocycles. The van der Waals surface area contributed by atoms with E-state index in [0.717, 1.165) is 37.1 Å². The molecule has 9 aromatic rings. The van der Waals surface area contributed by atoms with E-state index in [0.29, 0.717) is 37.3 Å². The topological polar surface area (TPSA) is 517 Å². The molecule has 34 nitrogen and oxygen atoms in total. The maximum atomic E-state index is 12.6. The van der Waals surface area contributed by atoms with Gasteiger partial charge in [0.1, 0.15) is 31.6 Å². The van der Waals surface area contributed by atoms with Crippen LogP contribution in [0.3, 0.4) is 0 Å². The number of azo groups is 2. The largest absolute Gasteiger partial charge is 1.00 e. The summed E-state index contributed by atoms with van der Waals surface area (Å²) in [5, 5.41) is 110. The zero-order chi connectivity index (χ0) is 65.7. The zero-order valence-electron chi connectivity index (χ0n) is 53.2. The van der Waals surface area contributed by atoms with Crippen LogP contribution in [0, 0.1) is 0 Å². The van der Waals surface area contributed by atoms with Gasteiger partial charge in [-0.25, -0.2) is 16.8 Å². The van der Waals surface area contributed by atoms with Crippen LogP contribution in [-0.4, -0.2) is 91.1 Å². The van der Waals surface area contributed by atoms with E-state index < -0.39 is 64.8 Å². The van der Waals surface area contributed by atoms with Gasteiger partial charge in [0.15, 0.2) is 11.5 Å². The first-order valence-corrected chi connectivity index (χ1v) is 30.9. The predicted octanol–water partition coefficient (Wildman–Crippen LogP) is -11.0. The Bertz CT molecular complexity index is 4310. The van der Waals surface area contributed by atoms with Crippen molar-refractivity contribution in [2.75, 3.05) is 45.0 Å². The van der Waals surface area contributed by atoms with Crippen molar-refractivity contribution in [3.63, 3.8) is 0 Å². The van der Waals surface area contributed by atoms with Crippen molar-refractivity contribution in [3.8, 4) is 11.5 Å². The Morgan fingerprint density at radius 1 is 0.490 bits per heavy atom. The number of phenolic OH excluding ortho intramolecular Hbond substituents is 2. The van der Waals surface area contributed by atoms with Crippen molar-refractivity contribution < 1.29 is 263 Å². The molecule has 2 heterocycles. The number of nitrogens with zero attached hydrogens (tertiary/aromatic N) is 10. The van der Waals surface area contributed by atoms with Gasteiger partial charge < -0.3 is 81.5 Å². The van der Waals surface area contributed by atoms with E-state index >= 15 is 0 Å². The average Bonchev–Trinajstić information content (AvgIpc) is 0.763. The quantitative estimate of drug-likeness (QED) is 0.00394. The van der Waals surface area contributed by atoms with Gasteiger partial charge in [-0.3, -0.25) is 10.1 Å². The minimum atomic E-state index is -5.23. The summed E-state index contributed by atoms with van der Waals surface area (Å²) >= 11 is 0.436. The Morgan fingerprint density at radius 3 is 1.15 bits per heavy atom. The second-order valence-corrected chi connectivity index (χ2v) is 23.1. The van der Waals surface area contributed by atoms with Crippen molar-refractivity contribution in [2.24, 2.45) is 20.5 Å². The number of anilines is 10. The first-order valence-electron chi connectivity index (χ1n) is 26.6. The van der Waals surface area contributed by atoms with Gasteiger partial charge in [0.05, 0.1) is 78.4 Å². The van der Waals surface area contributed by atoms with Crippen molar-refractivity contribution in [3.05, 3.63) is 120 Å². The maximum Gasteiger partial charge on any atom is 1.00 e. The number of benzene rings is 7. The van der Waals surface area contributed by atoms with Crippen molar-refractivity contribution in [2.45, 2.75) is 59.1 Å². The van der Waals surface area contributed by atoms with E-state index in [-0.39, 0.29) is 302 Å². The van der Waals surface area contributed by atoms with Crippen LogP contribution in [0.15, 0.2) is 149 Å². The molecule has 0 saturated heterocycles. The van der Waals surface area contributed by atoms with E-state index in [1.807, 2.05) is 13.8 Å². The van der Waals surface area contributed by atoms with Gasteiger partial charge in [-0.05, 0) is 96.4 Å². The monoisotopic (exact) mass is 1470 g/mol. The molecule has 7 aromatic carbocycles. The van der Waals surface area contributed by atoms with Crippen LogP contribution in [0.2, 0.25) is 0 Å². The molecule has 0 aliphatic heterocycles. The number of hydrogen-bond acceptors (Lipinski definition) is 36. The molecule has 0 fully saturated rings. The molecule has 0 unspecified atom stereocenters. The molecular weight excluding hydrogens is 1430 g/mol. The Morgan fingerprint density at radius 2 is 0.827 bits per heavy atom. The molecule has 478 valence electrons. The fourth-order valence-corrected chi connectivity index (χ4v) is 10.6. The molecule has 0 aliphatic carbocycles. The fourth-order valence-electron chi connectivity index (χ4n) is 8.53. The summed E-state index contributed by atoms with van der Waals surface area (Å²) in [6.45, 7) is 4.66. The number of nitrogens with one attached hydrogen (secondary N) is 6. The van der Waals surface area contributed by atoms with Crippen LogP contribution in [0.4, 0.5) is 81.2 Å². The molecule has 8 N–H and O–H groups in total. The third-order valence-corrected chi connectivity index (χ3v) is 15.5. The third kappa shape index (κ3) is 23.5. The first-order chi connectivity index (χ1) is 44.1. The van der Waals surface area contributed by atoms with Crippen LogP contribution >= 0.6 is 24.1 Å². The van der Waals surface area contributed by atoms with Gasteiger partial charge in [0.25, 0.3) is 0 Å². The molecule has 0 amide bonds. The summed E-state index contributed by atoms with van der Waals surface area (Å²) in [4.78, 5) is 48.5. The Labute approximate surface area is 698 Å². The number of unbranched alkanes of at least 4 members (excludes halogenated alkanes) is 2. The number of aromatic carboxylic acids is 2. The first kappa shape index (κ1) is 88.1. The van der Waals surface area contributed by atoms with Gasteiger partial charge in [0.2, 0.25) is 35.7 Å². The van der Waals surface area contributed by atoms with Crippen molar-refractivity contribution >= 4 is 159 Å². The second-order valence-electron chi connectivity index (χ2n) is 18.9. The maximum absolute atomic E-state index is 12.6. The van der Waals surface area contributed by atoms with Crippen LogP contribution in [0.5, 0.6) is 11.5 Å². The molecule has 9 rings (SSSR count). The van der Waals surface area contributed by atoms with Crippen LogP contribution in [-0.2, 0) is 39.0 Å². The molecule has 0 aliphatic rings. The minimum Gasteiger partial charge on any atom is -0.744 e. The summed E-state index contributed by atoms with van der Waals surface area (Å²) in [6, 6.07) is 23.1. The summed E-state index contributed by atoms with van der Waals surface area (Å²) in [5.74, 6) is -5.41. The van der Waals surface area contributed by atoms with Gasteiger partial charge in [-0.15, -0.1) is 20.5 Å². The number of carbonyl (C=O) groups excluding carboxylic acids is 2. The SMILES string of the molecule is CCCCNc1nc(Nc2ccc(Nc3nc(NCCCC)nc(Nc4cc(S(=O)(=O)[O-])cc5cc(SOO[O-])c(N=Nc6ccccc6C(=O)[O-])c(O)c45)n3)cc2)nc(Nc2cc(S(=O)(=O)[O-])cc3cc(SOO[O-])c(N=Nc4ccccc4C(=O)[O-])c(O)c23)n1.[Na+].[Na+].[Na+].[Na+].[Na+].[Na+]. The van der Waals surface area contributed by atoms with Crippen LogP contribution < -0.4 is 230 Å². The molecule has 44 heteroatoms. The molecule has 0 bridgehead atoms. The molecule has 0 spiro atoms. The van der Waals surface area contributed by atoms with Gasteiger partial charge in [0, 0.05) is 46.4 Å². The summed E-state index contributed by atoms with van der Waals surface area (Å²) in [6.07, 6.45) is 2.89. The normalized spacial score (nSPS) is 11.1. The van der Waals surface area contributed by atoms with Crippen LogP contribution in [0.25, 0.3) is 21.5 Å². The number of aromatic hydroxyl groups is 2. The Hall–Kier alpha value is -4.10. The molecule has 0 radical (unpaired) electrons. The fraction of sp³-hybridized carbons (Fsp3) is 0.148. The number of hydrogen-bond donors (Lipinski definition) is 8. The summed E-state index contributed by atoms with van der Waals surface area (Å²) in [7, 11) is -10.5. The third-order valence-electron chi connectivity index (χ3n) is 12.7. The van der Waals surface area contributed by atoms with Gasteiger partial charge in [-0.2, -0.15) is 38.6 Å². The van der Waals surface area contributed by atoms with E-state index in [1.54, 1.807) is 24.3 Å². The standard InChI is InChI=1S/C54H50N16O18S4.6Na/c1-3-5-19-55-49-61-51(65-53(63-49)59-37-25-31(91(79,80)81)21-27-23-39(89-87-85-77)43(45(71)41(27)37)69-67-35-13-9-7-11-33(35)47(73)74)57-29-15-17-30(18-16-29)58-52-62-50(56-20-6-4-2)64-54(66-52)60-38-26-32(92(82,83)84)22-28-24-40(90-88-86-78)44(46(72)42(28)38)70-68-36-14-10-8-12-34(36)48(75)76;;;;;;/h7-18,21-26,71-72,77-78H,3-6,19-20H2,1-2H3,(H,73,74)(H,75,76)(H,79,80,81)(H,82,83,84)(H3,55,57,59,61,63,65)(H3,56,58,60,62,64,66);;;;;;/q;6*+1/p-6. The Balaban J connectivity index is 0.00000417. The van der Waals surface area contributed by atoms with Gasteiger partial charge in [-0.1, -0.05) is 63.1 Å². The van der Waals surface area contributed by atoms with Crippen molar-refractivity contribution in [1.82, 2.24) is 29.9 Å². The molecule has 0 atom stereocenters. The smallest absolute Gasteiger partial charge is 0.744 e. The predicted molar refractivity (Wildman–Crippen MR) is 319 cm³/mol. The number of aromatic nitrogens is 6. The Kier molecular flexibility index (Phi) is 37.1. The van der Waals surface area contributed by atoms with E-state index in [1.165, 1.54) is 60.7 Å². The van der Waals surface area contributed by atoms with Crippen molar-refractivity contribution in [1.29, 1.82) is 0 Å². The number of phenols is 2. The molecular formula is C54H44N16Na6O18S4. The number of carboxylic acid groups (broad SMARTS) is 2. The second kappa shape index (κ2) is 41.3. The van der Waals surface area contributed by atoms with E-state index in [4.69, 9.17) is 0 Å². The molecule has 0 saturated carbocycles. The van der Waals surface area contributed by atoms with E-state index in [2.05, 4.69) is 101 Å². The van der Waals surface area contributed by atoms with Gasteiger partial charge >= 0.3 is 177 Å². The number of carbonyl (C=O) groups is 2. The summed E-state index contributed by atoms with van der Waals surface area (Å²) < 4.78 is 84.6. The number of carboxylic acids is 2. The van der Waals surface area contributed by atoms with Crippen LogP contribution in [0.1, 0.15) is 60.2 Å².